The molecule has 1 aromatic heterocycles. The van der Waals surface area contributed by atoms with E-state index in [4.69, 9.17) is 12.2 Å². The lowest BCUT2D eigenvalue weighted by molar-refractivity contribution is 0.568. The van der Waals surface area contributed by atoms with Gasteiger partial charge in [-0.15, -0.1) is 0 Å². The minimum absolute atomic E-state index is 0.701. The van der Waals surface area contributed by atoms with E-state index in [9.17, 15) is 0 Å². The van der Waals surface area contributed by atoms with Crippen molar-refractivity contribution in [1.29, 1.82) is 0 Å². The van der Waals surface area contributed by atoms with E-state index in [1.54, 1.807) is 0 Å². The molecule has 0 aliphatic rings. The summed E-state index contributed by atoms with van der Waals surface area (Å²) in [6.07, 6.45) is 3.00. The van der Waals surface area contributed by atoms with Crippen LogP contribution in [0.2, 0.25) is 0 Å². The van der Waals surface area contributed by atoms with Gasteiger partial charge in [0, 0.05) is 25.8 Å². The number of benzene rings is 1. The fraction of sp³-hybridized carbons (Fsp3) is 0.375. The van der Waals surface area contributed by atoms with Crippen LogP contribution in [-0.4, -0.2) is 21.4 Å². The standard InChI is InChI=1S/C16H22N4S/c1-13-4-6-15(7-5-13)12-18-16(21)17-9-3-10-20-11-8-14(2)19-20/h4-8,11H,3,9-10,12H2,1-2H3,(H2,17,18,21). The Bertz CT molecular complexity index is 574. The summed E-state index contributed by atoms with van der Waals surface area (Å²) in [6.45, 7) is 6.59. The second-order valence-electron chi connectivity index (χ2n) is 5.17. The van der Waals surface area contributed by atoms with E-state index < -0.39 is 0 Å². The molecule has 1 heterocycles. The average Bonchev–Trinajstić information content (AvgIpc) is 2.89. The first-order valence-corrected chi connectivity index (χ1v) is 7.61. The highest BCUT2D eigenvalue weighted by atomic mass is 32.1. The van der Waals surface area contributed by atoms with Gasteiger partial charge < -0.3 is 10.6 Å². The zero-order valence-corrected chi connectivity index (χ0v) is 13.4. The van der Waals surface area contributed by atoms with E-state index in [-0.39, 0.29) is 0 Å². The Kier molecular flexibility index (Phi) is 5.75. The SMILES string of the molecule is Cc1ccc(CNC(=S)NCCCn2ccc(C)n2)cc1. The minimum atomic E-state index is 0.701. The molecule has 1 aromatic carbocycles. The van der Waals surface area contributed by atoms with Gasteiger partial charge in [-0.25, -0.2) is 0 Å². The van der Waals surface area contributed by atoms with E-state index in [2.05, 4.69) is 46.9 Å². The number of thiocarbonyl (C=S) groups is 1. The van der Waals surface area contributed by atoms with Gasteiger partial charge in [0.05, 0.1) is 5.69 Å². The van der Waals surface area contributed by atoms with E-state index in [1.165, 1.54) is 11.1 Å². The van der Waals surface area contributed by atoms with Crippen molar-refractivity contribution in [1.82, 2.24) is 20.4 Å². The molecule has 0 radical (unpaired) electrons. The van der Waals surface area contributed by atoms with Gasteiger partial charge in [0.2, 0.25) is 0 Å². The summed E-state index contributed by atoms with van der Waals surface area (Å²) in [5.74, 6) is 0. The first-order valence-electron chi connectivity index (χ1n) is 7.21. The molecular weight excluding hydrogens is 280 g/mol. The van der Waals surface area contributed by atoms with Gasteiger partial charge in [-0.3, -0.25) is 4.68 Å². The van der Waals surface area contributed by atoms with Crippen LogP contribution in [0.1, 0.15) is 23.2 Å². The van der Waals surface area contributed by atoms with Crippen molar-refractivity contribution in [2.45, 2.75) is 33.4 Å². The summed E-state index contributed by atoms with van der Waals surface area (Å²) in [4.78, 5) is 0. The van der Waals surface area contributed by atoms with E-state index >= 15 is 0 Å². The molecule has 5 heteroatoms. The predicted octanol–water partition coefficient (Wildman–Crippen LogP) is 2.55. The number of nitrogens with zero attached hydrogens (tertiary/aromatic N) is 2. The first-order chi connectivity index (χ1) is 10.1. The van der Waals surface area contributed by atoms with Crippen LogP contribution in [-0.2, 0) is 13.1 Å². The molecule has 0 saturated heterocycles. The van der Waals surface area contributed by atoms with Crippen LogP contribution in [0.3, 0.4) is 0 Å². The molecule has 0 amide bonds. The summed E-state index contributed by atoms with van der Waals surface area (Å²) in [5, 5.41) is 11.5. The van der Waals surface area contributed by atoms with Crippen LogP contribution in [0.5, 0.6) is 0 Å². The Morgan fingerprint density at radius 1 is 1.14 bits per heavy atom. The van der Waals surface area contributed by atoms with Crippen LogP contribution >= 0.6 is 12.2 Å². The molecule has 2 N–H and O–H groups in total. The molecule has 0 spiro atoms. The lowest BCUT2D eigenvalue weighted by atomic mass is 10.1. The smallest absolute Gasteiger partial charge is 0.166 e. The van der Waals surface area contributed by atoms with Gasteiger partial charge in [0.1, 0.15) is 0 Å². The highest BCUT2D eigenvalue weighted by molar-refractivity contribution is 7.80. The lowest BCUT2D eigenvalue weighted by Crippen LogP contribution is -2.35. The first kappa shape index (κ1) is 15.5. The fourth-order valence-corrected chi connectivity index (χ4v) is 2.16. The zero-order chi connectivity index (χ0) is 15.1. The number of nitrogens with one attached hydrogen (secondary N) is 2. The predicted molar refractivity (Wildman–Crippen MR) is 90.2 cm³/mol. The minimum Gasteiger partial charge on any atom is -0.363 e. The highest BCUT2D eigenvalue weighted by Crippen LogP contribution is 2.02. The van der Waals surface area contributed by atoms with Crippen LogP contribution in [0, 0.1) is 13.8 Å². The molecule has 0 unspecified atom stereocenters. The molecule has 112 valence electrons. The Morgan fingerprint density at radius 2 is 1.90 bits per heavy atom. The molecule has 0 atom stereocenters. The van der Waals surface area contributed by atoms with Crippen LogP contribution in [0.15, 0.2) is 36.5 Å². The van der Waals surface area contributed by atoms with Gasteiger partial charge in [0.25, 0.3) is 0 Å². The van der Waals surface area contributed by atoms with E-state index in [0.29, 0.717) is 5.11 Å². The molecule has 21 heavy (non-hydrogen) atoms. The van der Waals surface area contributed by atoms with Crippen molar-refractivity contribution < 1.29 is 0 Å². The van der Waals surface area contributed by atoms with Crippen molar-refractivity contribution in [2.75, 3.05) is 6.54 Å². The van der Waals surface area contributed by atoms with Gasteiger partial charge in [-0.1, -0.05) is 29.8 Å². The number of aryl methyl sites for hydroxylation is 3. The lowest BCUT2D eigenvalue weighted by Gasteiger charge is -2.10. The Labute approximate surface area is 131 Å². The normalized spacial score (nSPS) is 10.4. The van der Waals surface area contributed by atoms with Crippen LogP contribution in [0.4, 0.5) is 0 Å². The van der Waals surface area contributed by atoms with Crippen molar-refractivity contribution >= 4 is 17.3 Å². The number of hydrogen-bond donors (Lipinski definition) is 2. The number of hydrogen-bond acceptors (Lipinski definition) is 2. The molecule has 0 fully saturated rings. The average molecular weight is 302 g/mol. The Balaban J connectivity index is 1.60. The molecule has 2 aromatic rings. The van der Waals surface area contributed by atoms with E-state index in [0.717, 1.165) is 31.7 Å². The molecule has 2 rings (SSSR count). The number of rotatable bonds is 6. The quantitative estimate of drug-likeness (QED) is 0.636. The van der Waals surface area contributed by atoms with Crippen molar-refractivity contribution in [3.63, 3.8) is 0 Å². The Hall–Kier alpha value is -1.88. The molecule has 4 nitrogen and oxygen atoms in total. The van der Waals surface area contributed by atoms with Crippen molar-refractivity contribution in [3.8, 4) is 0 Å². The second-order valence-corrected chi connectivity index (χ2v) is 5.58. The summed E-state index contributed by atoms with van der Waals surface area (Å²) in [6, 6.07) is 10.5. The summed E-state index contributed by atoms with van der Waals surface area (Å²) in [5.41, 5.74) is 3.56. The van der Waals surface area contributed by atoms with Crippen molar-refractivity contribution in [2.24, 2.45) is 0 Å². The molecule has 0 bridgehead atoms. The van der Waals surface area contributed by atoms with Gasteiger partial charge in [-0.05, 0) is 44.1 Å². The topological polar surface area (TPSA) is 41.9 Å². The fourth-order valence-electron chi connectivity index (χ4n) is 1.98. The summed E-state index contributed by atoms with van der Waals surface area (Å²) in [7, 11) is 0. The third-order valence-corrected chi connectivity index (χ3v) is 3.49. The summed E-state index contributed by atoms with van der Waals surface area (Å²) < 4.78 is 1.96. The molecule has 0 aliphatic carbocycles. The van der Waals surface area contributed by atoms with Gasteiger partial charge in [-0.2, -0.15) is 5.10 Å². The third kappa shape index (κ3) is 5.55. The molecule has 0 saturated carbocycles. The maximum absolute atomic E-state index is 5.27. The van der Waals surface area contributed by atoms with Crippen LogP contribution < -0.4 is 10.6 Å². The van der Waals surface area contributed by atoms with Gasteiger partial charge >= 0.3 is 0 Å². The maximum Gasteiger partial charge on any atom is 0.166 e. The van der Waals surface area contributed by atoms with Crippen LogP contribution in [0.25, 0.3) is 0 Å². The molecule has 0 aliphatic heterocycles. The maximum atomic E-state index is 5.27. The van der Waals surface area contributed by atoms with E-state index in [1.807, 2.05) is 23.9 Å². The summed E-state index contributed by atoms with van der Waals surface area (Å²) >= 11 is 5.27. The Morgan fingerprint density at radius 3 is 2.57 bits per heavy atom. The zero-order valence-electron chi connectivity index (χ0n) is 12.6. The largest absolute Gasteiger partial charge is 0.363 e. The highest BCUT2D eigenvalue weighted by Gasteiger charge is 1.98. The molecular formula is C16H22N4S. The van der Waals surface area contributed by atoms with Crippen molar-refractivity contribution in [3.05, 3.63) is 53.3 Å². The van der Waals surface area contributed by atoms with Gasteiger partial charge in [0.15, 0.2) is 5.11 Å². The second kappa shape index (κ2) is 7.78. The monoisotopic (exact) mass is 302 g/mol. The third-order valence-electron chi connectivity index (χ3n) is 3.20. The number of aromatic nitrogens is 2.